The highest BCUT2D eigenvalue weighted by molar-refractivity contribution is 9.10. The van der Waals surface area contributed by atoms with Crippen molar-refractivity contribution in [2.75, 3.05) is 4.90 Å². The van der Waals surface area contributed by atoms with E-state index in [9.17, 15) is 19.7 Å². The number of carbonyl (C=O) groups is 2. The van der Waals surface area contributed by atoms with Crippen LogP contribution in [0.4, 0.5) is 11.4 Å². The normalized spacial score (nSPS) is 26.7. The van der Waals surface area contributed by atoms with Gasteiger partial charge in [-0.2, -0.15) is 0 Å². The van der Waals surface area contributed by atoms with Crippen molar-refractivity contribution in [3.05, 3.63) is 104 Å². The number of benzene rings is 3. The second kappa shape index (κ2) is 6.84. The molecule has 0 spiro atoms. The smallest absolute Gasteiger partial charge is 0.274 e. The van der Waals surface area contributed by atoms with Crippen LogP contribution in [0.25, 0.3) is 0 Å². The molecule has 164 valence electrons. The number of imide groups is 1. The zero-order chi connectivity index (χ0) is 23.1. The Morgan fingerprint density at radius 2 is 1.58 bits per heavy atom. The van der Waals surface area contributed by atoms with Gasteiger partial charge in [0.1, 0.15) is 5.69 Å². The van der Waals surface area contributed by atoms with Crippen molar-refractivity contribution in [1.29, 1.82) is 0 Å². The lowest BCUT2D eigenvalue weighted by molar-refractivity contribution is -0.384. The molecule has 0 N–H and O–H groups in total. The maximum atomic E-state index is 14.1. The van der Waals surface area contributed by atoms with Crippen molar-refractivity contribution >= 4 is 39.1 Å². The first kappa shape index (κ1) is 20.3. The fraction of sp³-hybridized carbons (Fsp3) is 0.231. The van der Waals surface area contributed by atoms with Gasteiger partial charge in [-0.1, -0.05) is 71.4 Å². The van der Waals surface area contributed by atoms with Crippen LogP contribution in [0, 0.1) is 22.0 Å². The Kier molecular flexibility index (Phi) is 4.21. The molecule has 0 aromatic heterocycles. The first-order valence-corrected chi connectivity index (χ1v) is 11.7. The van der Waals surface area contributed by atoms with Crippen LogP contribution in [0.2, 0.25) is 0 Å². The molecule has 4 aliphatic rings. The van der Waals surface area contributed by atoms with Crippen molar-refractivity contribution in [1.82, 2.24) is 0 Å². The van der Waals surface area contributed by atoms with E-state index in [0.29, 0.717) is 10.9 Å². The summed E-state index contributed by atoms with van der Waals surface area (Å²) in [5.41, 5.74) is 3.44. The molecule has 3 aliphatic carbocycles. The molecule has 1 fully saturated rings. The molecule has 1 saturated heterocycles. The highest BCUT2D eigenvalue weighted by Crippen LogP contribution is 2.65. The van der Waals surface area contributed by atoms with Gasteiger partial charge in [-0.15, -0.1) is 0 Å². The fourth-order valence-electron chi connectivity index (χ4n) is 6.60. The van der Waals surface area contributed by atoms with Crippen LogP contribution in [0.1, 0.15) is 41.5 Å². The third kappa shape index (κ3) is 2.38. The van der Waals surface area contributed by atoms with Gasteiger partial charge in [0.25, 0.3) is 5.69 Å². The number of nitro groups is 1. The van der Waals surface area contributed by atoms with Gasteiger partial charge in [-0.05, 0) is 40.8 Å². The molecule has 2 bridgehead atoms. The molecule has 1 heterocycles. The lowest BCUT2D eigenvalue weighted by Crippen LogP contribution is -2.53. The summed E-state index contributed by atoms with van der Waals surface area (Å²) in [4.78, 5) is 40.3. The van der Waals surface area contributed by atoms with E-state index in [0.717, 1.165) is 27.2 Å². The molecule has 0 radical (unpaired) electrons. The summed E-state index contributed by atoms with van der Waals surface area (Å²) in [6.45, 7) is 2.05. The fourth-order valence-corrected chi connectivity index (χ4v) is 6.95. The Hall–Kier alpha value is -3.32. The van der Waals surface area contributed by atoms with Crippen molar-refractivity contribution in [3.8, 4) is 0 Å². The molecule has 1 aliphatic heterocycles. The maximum absolute atomic E-state index is 14.1. The molecule has 2 amide bonds. The van der Waals surface area contributed by atoms with E-state index in [1.165, 1.54) is 12.1 Å². The van der Waals surface area contributed by atoms with Gasteiger partial charge in [0.05, 0.1) is 16.8 Å². The molecular weight excluding hydrogens is 484 g/mol. The van der Waals surface area contributed by atoms with Gasteiger partial charge < -0.3 is 0 Å². The van der Waals surface area contributed by atoms with E-state index in [4.69, 9.17) is 0 Å². The number of hydrogen-bond donors (Lipinski definition) is 0. The lowest BCUT2D eigenvalue weighted by atomic mass is 9.46. The van der Waals surface area contributed by atoms with Crippen LogP contribution < -0.4 is 4.90 Å². The molecular formula is C26H19BrN2O4. The zero-order valence-corrected chi connectivity index (χ0v) is 19.3. The lowest BCUT2D eigenvalue weighted by Gasteiger charge is -2.54. The summed E-state index contributed by atoms with van der Waals surface area (Å²) in [6.07, 6.45) is 0.643. The Labute approximate surface area is 198 Å². The van der Waals surface area contributed by atoms with E-state index in [1.807, 2.05) is 24.3 Å². The minimum atomic E-state index is -0.655. The third-order valence-electron chi connectivity index (χ3n) is 7.73. The van der Waals surface area contributed by atoms with Crippen molar-refractivity contribution < 1.29 is 14.5 Å². The maximum Gasteiger partial charge on any atom is 0.294 e. The van der Waals surface area contributed by atoms with Gasteiger partial charge >= 0.3 is 0 Å². The summed E-state index contributed by atoms with van der Waals surface area (Å²) in [5, 5.41) is 11.8. The summed E-state index contributed by atoms with van der Waals surface area (Å²) >= 11 is 3.26. The molecule has 0 unspecified atom stereocenters. The first-order valence-electron chi connectivity index (χ1n) is 10.9. The van der Waals surface area contributed by atoms with Crippen LogP contribution >= 0.6 is 15.9 Å². The highest BCUT2D eigenvalue weighted by Gasteiger charge is 2.67. The average Bonchev–Trinajstić information content (AvgIpc) is 3.10. The quantitative estimate of drug-likeness (QED) is 0.275. The van der Waals surface area contributed by atoms with Crippen molar-refractivity contribution in [2.45, 2.75) is 24.7 Å². The summed E-state index contributed by atoms with van der Waals surface area (Å²) in [5.74, 6) is -2.17. The molecule has 3 aromatic carbocycles. The minimum absolute atomic E-state index is 0.0337. The van der Waals surface area contributed by atoms with Gasteiger partial charge in [0.2, 0.25) is 11.8 Å². The monoisotopic (exact) mass is 502 g/mol. The van der Waals surface area contributed by atoms with Crippen LogP contribution in [-0.2, 0) is 15.0 Å². The zero-order valence-electron chi connectivity index (χ0n) is 17.7. The predicted molar refractivity (Wildman–Crippen MR) is 126 cm³/mol. The highest BCUT2D eigenvalue weighted by atomic mass is 79.9. The van der Waals surface area contributed by atoms with E-state index in [-0.39, 0.29) is 29.1 Å². The second-order valence-corrected chi connectivity index (χ2v) is 9.80. The molecule has 7 heteroatoms. The molecule has 0 saturated carbocycles. The van der Waals surface area contributed by atoms with Crippen LogP contribution in [0.5, 0.6) is 0 Å². The molecule has 2 atom stereocenters. The SMILES string of the molecule is CCC12c3ccccc3C(c3ccccc31)[C@H]1C(=O)N(c3ccc(Br)cc3[N+](=O)[O-])C(=O)[C@H]12. The van der Waals surface area contributed by atoms with E-state index in [1.54, 1.807) is 6.07 Å². The Balaban J connectivity index is 1.63. The number of amides is 2. The molecule has 6 nitrogen and oxygen atoms in total. The molecule has 7 rings (SSSR count). The van der Waals surface area contributed by atoms with Gasteiger partial charge in [0.15, 0.2) is 0 Å². The Morgan fingerprint density at radius 3 is 2.15 bits per heavy atom. The first-order chi connectivity index (χ1) is 15.9. The number of nitro benzene ring substituents is 1. The summed E-state index contributed by atoms with van der Waals surface area (Å²) in [6, 6.07) is 20.6. The predicted octanol–water partition coefficient (Wildman–Crippen LogP) is 5.32. The summed E-state index contributed by atoms with van der Waals surface area (Å²) < 4.78 is 0.513. The van der Waals surface area contributed by atoms with Gasteiger partial charge in [-0.25, -0.2) is 4.90 Å². The number of nitrogens with zero attached hydrogens (tertiary/aromatic N) is 2. The van der Waals surface area contributed by atoms with Gasteiger partial charge in [0, 0.05) is 21.9 Å². The van der Waals surface area contributed by atoms with Crippen LogP contribution in [0.3, 0.4) is 0 Å². The van der Waals surface area contributed by atoms with E-state index >= 15 is 0 Å². The number of halogens is 1. The second-order valence-electron chi connectivity index (χ2n) is 8.88. The number of rotatable bonds is 3. The standard InChI is InChI=1S/C26H19BrN2O4/c1-2-26-17-9-5-3-7-15(17)21(16-8-4-6-10-18(16)26)22-23(26)25(31)28(24(22)30)19-12-11-14(27)13-20(19)29(32)33/h3-13,21-23H,2H2,1H3/t21?,22-,23+,26?/m1/s1. The number of carbonyl (C=O) groups excluding carboxylic acids is 2. The number of anilines is 1. The summed E-state index contributed by atoms with van der Waals surface area (Å²) in [7, 11) is 0. The Morgan fingerprint density at radius 1 is 0.970 bits per heavy atom. The average molecular weight is 503 g/mol. The van der Waals surface area contributed by atoms with Gasteiger partial charge in [-0.3, -0.25) is 19.7 Å². The van der Waals surface area contributed by atoms with Crippen LogP contribution in [-0.4, -0.2) is 16.7 Å². The number of hydrogen-bond acceptors (Lipinski definition) is 4. The topological polar surface area (TPSA) is 80.5 Å². The minimum Gasteiger partial charge on any atom is -0.274 e. The van der Waals surface area contributed by atoms with Crippen molar-refractivity contribution in [3.63, 3.8) is 0 Å². The van der Waals surface area contributed by atoms with Crippen molar-refractivity contribution in [2.24, 2.45) is 11.8 Å². The molecule has 3 aromatic rings. The van der Waals surface area contributed by atoms with Crippen LogP contribution in [0.15, 0.2) is 71.2 Å². The molecule has 33 heavy (non-hydrogen) atoms. The largest absolute Gasteiger partial charge is 0.294 e. The third-order valence-corrected chi connectivity index (χ3v) is 8.22. The van der Waals surface area contributed by atoms with E-state index in [2.05, 4.69) is 47.1 Å². The van der Waals surface area contributed by atoms with E-state index < -0.39 is 22.2 Å². The Bertz CT molecular complexity index is 1340.